The summed E-state index contributed by atoms with van der Waals surface area (Å²) in [7, 11) is 0. The van der Waals surface area contributed by atoms with E-state index in [2.05, 4.69) is 25.7 Å². The van der Waals surface area contributed by atoms with Gasteiger partial charge in [0.05, 0.1) is 11.4 Å². The highest BCUT2D eigenvalue weighted by atomic mass is 16.4. The Balaban J connectivity index is 2.83. The van der Waals surface area contributed by atoms with Gasteiger partial charge in [-0.1, -0.05) is 25.7 Å². The highest BCUT2D eigenvalue weighted by molar-refractivity contribution is 6.06. The predicted octanol–water partition coefficient (Wildman–Crippen LogP) is 1.83. The van der Waals surface area contributed by atoms with Crippen LogP contribution < -0.4 is 28.3 Å². The second-order valence-corrected chi connectivity index (χ2v) is 7.78. The minimum absolute atomic E-state index is 0.119. The van der Waals surface area contributed by atoms with E-state index in [1.807, 2.05) is 6.07 Å². The third-order valence-corrected chi connectivity index (χ3v) is 4.73. The standard InChI is InChI=1S/C22H35N9O3/c1-14(28-30-21(23)24)16-11-17(15(2)29-31-22(25)26)13-18(12-16)27-19(32)9-7-5-3-4-6-8-10-20(33)34/h11-13H,3-10H2,1-2H3,(H,27,32)(H,33,34)(H4,23,24,30)(H4,25,26,31)/b28-14-,29-15+. The van der Waals surface area contributed by atoms with Crippen molar-refractivity contribution < 1.29 is 14.7 Å². The van der Waals surface area contributed by atoms with Crippen molar-refractivity contribution in [2.75, 3.05) is 5.32 Å². The molecule has 0 spiro atoms. The molecule has 0 bridgehead atoms. The molecule has 1 aromatic rings. The van der Waals surface area contributed by atoms with E-state index < -0.39 is 5.97 Å². The largest absolute Gasteiger partial charge is 0.481 e. The number of rotatable bonds is 14. The molecule has 1 amide bonds. The van der Waals surface area contributed by atoms with Gasteiger partial charge < -0.3 is 33.4 Å². The Morgan fingerprint density at radius 1 is 0.735 bits per heavy atom. The van der Waals surface area contributed by atoms with Crippen molar-refractivity contribution in [2.45, 2.75) is 65.2 Å². The number of nitrogens with one attached hydrogen (secondary N) is 1. The summed E-state index contributed by atoms with van der Waals surface area (Å²) >= 11 is 0. The Hall–Kier alpha value is -3.96. The van der Waals surface area contributed by atoms with Crippen LogP contribution in [0, 0.1) is 0 Å². The van der Waals surface area contributed by atoms with Crippen molar-refractivity contribution in [1.82, 2.24) is 0 Å². The molecule has 0 unspecified atom stereocenters. The van der Waals surface area contributed by atoms with Gasteiger partial charge in [0, 0.05) is 29.7 Å². The molecule has 186 valence electrons. The van der Waals surface area contributed by atoms with Crippen molar-refractivity contribution in [1.29, 1.82) is 0 Å². The number of hydrogen-bond acceptors (Lipinski definition) is 6. The number of amides is 1. The summed E-state index contributed by atoms with van der Waals surface area (Å²) < 4.78 is 0. The summed E-state index contributed by atoms with van der Waals surface area (Å²) in [5.74, 6) is -1.22. The summed E-state index contributed by atoms with van der Waals surface area (Å²) in [5.41, 5.74) is 24.4. The number of unbranched alkanes of at least 4 members (excludes halogenated alkanes) is 5. The van der Waals surface area contributed by atoms with Crippen LogP contribution in [0.15, 0.2) is 38.6 Å². The van der Waals surface area contributed by atoms with Crippen molar-refractivity contribution in [2.24, 2.45) is 43.3 Å². The lowest BCUT2D eigenvalue weighted by molar-refractivity contribution is -0.137. The number of carbonyl (C=O) groups excluding carboxylic acids is 1. The maximum atomic E-state index is 12.5. The van der Waals surface area contributed by atoms with E-state index in [-0.39, 0.29) is 24.2 Å². The van der Waals surface area contributed by atoms with E-state index >= 15 is 0 Å². The van der Waals surface area contributed by atoms with E-state index in [4.69, 9.17) is 28.0 Å². The van der Waals surface area contributed by atoms with E-state index in [9.17, 15) is 9.59 Å². The van der Waals surface area contributed by atoms with Crippen molar-refractivity contribution in [3.63, 3.8) is 0 Å². The van der Waals surface area contributed by atoms with Crippen molar-refractivity contribution in [3.8, 4) is 0 Å². The van der Waals surface area contributed by atoms with Gasteiger partial charge >= 0.3 is 5.97 Å². The van der Waals surface area contributed by atoms with Crippen LogP contribution in [0.25, 0.3) is 0 Å². The highest BCUT2D eigenvalue weighted by Gasteiger charge is 2.10. The number of nitrogens with two attached hydrogens (primary N) is 4. The molecule has 12 heteroatoms. The first-order valence-electron chi connectivity index (χ1n) is 11.0. The quantitative estimate of drug-likeness (QED) is 0.102. The first kappa shape index (κ1) is 28.1. The maximum Gasteiger partial charge on any atom is 0.303 e. The van der Waals surface area contributed by atoms with Gasteiger partial charge in [-0.3, -0.25) is 9.59 Å². The first-order valence-corrected chi connectivity index (χ1v) is 11.0. The Bertz CT molecular complexity index is 908. The molecule has 1 rings (SSSR count). The van der Waals surface area contributed by atoms with Gasteiger partial charge in [-0.2, -0.15) is 10.2 Å². The average Bonchev–Trinajstić information content (AvgIpc) is 2.76. The molecular formula is C22H35N9O3. The van der Waals surface area contributed by atoms with Gasteiger partial charge in [0.15, 0.2) is 0 Å². The zero-order valence-electron chi connectivity index (χ0n) is 19.8. The first-order chi connectivity index (χ1) is 16.1. The van der Waals surface area contributed by atoms with Crippen LogP contribution in [-0.4, -0.2) is 40.3 Å². The number of carboxylic acid groups (broad SMARTS) is 1. The van der Waals surface area contributed by atoms with Crippen LogP contribution in [0.4, 0.5) is 5.69 Å². The van der Waals surface area contributed by atoms with E-state index in [1.165, 1.54) is 0 Å². The van der Waals surface area contributed by atoms with Gasteiger partial charge in [0.1, 0.15) is 0 Å². The van der Waals surface area contributed by atoms with E-state index in [0.717, 1.165) is 32.1 Å². The lowest BCUT2D eigenvalue weighted by atomic mass is 10.0. The molecule has 0 aromatic heterocycles. The molecular weight excluding hydrogens is 438 g/mol. The lowest BCUT2D eigenvalue weighted by Gasteiger charge is -2.11. The van der Waals surface area contributed by atoms with Gasteiger partial charge in [-0.15, -0.1) is 10.2 Å². The monoisotopic (exact) mass is 473 g/mol. The molecule has 0 heterocycles. The zero-order chi connectivity index (χ0) is 25.5. The molecule has 1 aromatic carbocycles. The molecule has 0 saturated carbocycles. The number of nitrogens with zero attached hydrogens (tertiary/aromatic N) is 4. The van der Waals surface area contributed by atoms with Crippen LogP contribution in [0.5, 0.6) is 0 Å². The number of guanidine groups is 2. The van der Waals surface area contributed by atoms with E-state index in [0.29, 0.717) is 41.1 Å². The lowest BCUT2D eigenvalue weighted by Crippen LogP contribution is -2.22. The Morgan fingerprint density at radius 2 is 1.18 bits per heavy atom. The second-order valence-electron chi connectivity index (χ2n) is 7.78. The zero-order valence-corrected chi connectivity index (χ0v) is 19.8. The highest BCUT2D eigenvalue weighted by Crippen LogP contribution is 2.18. The minimum Gasteiger partial charge on any atom is -0.481 e. The number of aliphatic carboxylic acids is 1. The van der Waals surface area contributed by atoms with Crippen LogP contribution in [0.3, 0.4) is 0 Å². The van der Waals surface area contributed by atoms with Gasteiger partial charge in [-0.25, -0.2) is 0 Å². The summed E-state index contributed by atoms with van der Waals surface area (Å²) in [6.45, 7) is 3.46. The third-order valence-electron chi connectivity index (χ3n) is 4.73. The number of hydrogen-bond donors (Lipinski definition) is 6. The number of benzene rings is 1. The molecule has 0 radical (unpaired) electrons. The SMILES string of the molecule is C/C(=N/N=C(N)N)c1cc(NC(=O)CCCCCCCCC(=O)O)cc(/C(C)=N/N=C(N)N)c1. The summed E-state index contributed by atoms with van der Waals surface area (Å²) in [6.07, 6.45) is 5.72. The summed E-state index contributed by atoms with van der Waals surface area (Å²) in [5, 5.41) is 26.9. The van der Waals surface area contributed by atoms with Gasteiger partial charge in [-0.05, 0) is 44.9 Å². The van der Waals surface area contributed by atoms with Gasteiger partial charge in [0.25, 0.3) is 0 Å². The molecule has 12 nitrogen and oxygen atoms in total. The predicted molar refractivity (Wildman–Crippen MR) is 136 cm³/mol. The van der Waals surface area contributed by atoms with Gasteiger partial charge in [0.2, 0.25) is 17.8 Å². The van der Waals surface area contributed by atoms with Crippen LogP contribution >= 0.6 is 0 Å². The molecule has 0 aliphatic carbocycles. The van der Waals surface area contributed by atoms with Crippen LogP contribution in [0.2, 0.25) is 0 Å². The van der Waals surface area contributed by atoms with Crippen LogP contribution in [0.1, 0.15) is 76.3 Å². The molecule has 0 fully saturated rings. The molecule has 0 saturated heterocycles. The topological polar surface area (TPSA) is 220 Å². The molecule has 10 N–H and O–H groups in total. The molecule has 0 aliphatic rings. The number of anilines is 1. The molecule has 34 heavy (non-hydrogen) atoms. The summed E-state index contributed by atoms with van der Waals surface area (Å²) in [4.78, 5) is 23.0. The Labute approximate surface area is 199 Å². The fourth-order valence-corrected chi connectivity index (χ4v) is 2.99. The number of carboxylic acids is 1. The Morgan fingerprint density at radius 3 is 1.62 bits per heavy atom. The number of carbonyl (C=O) groups is 2. The minimum atomic E-state index is -0.765. The van der Waals surface area contributed by atoms with Crippen molar-refractivity contribution in [3.05, 3.63) is 29.3 Å². The smallest absolute Gasteiger partial charge is 0.303 e. The summed E-state index contributed by atoms with van der Waals surface area (Å²) in [6, 6.07) is 5.33. The molecule has 0 aliphatic heterocycles. The van der Waals surface area contributed by atoms with E-state index in [1.54, 1.807) is 26.0 Å². The fourth-order valence-electron chi connectivity index (χ4n) is 2.99. The van der Waals surface area contributed by atoms with Crippen molar-refractivity contribution >= 4 is 40.9 Å². The maximum absolute atomic E-state index is 12.5. The van der Waals surface area contributed by atoms with Crippen LogP contribution in [-0.2, 0) is 9.59 Å². The molecule has 0 atom stereocenters. The fraction of sp³-hybridized carbons (Fsp3) is 0.455. The second kappa shape index (κ2) is 15.0. The average molecular weight is 474 g/mol. The Kier molecular flexibility index (Phi) is 12.4. The third kappa shape index (κ3) is 12.2. The normalized spacial score (nSPS) is 11.6.